The minimum absolute atomic E-state index is 0.0196. The second kappa shape index (κ2) is 12.8. The van der Waals surface area contributed by atoms with Gasteiger partial charge in [-0.3, -0.25) is 14.6 Å². The topological polar surface area (TPSA) is 114 Å². The van der Waals surface area contributed by atoms with Gasteiger partial charge in [0.25, 0.3) is 0 Å². The number of nitrogens with zero attached hydrogens (tertiary/aromatic N) is 3. The molecule has 196 valence electrons. The minimum atomic E-state index is -0.897. The summed E-state index contributed by atoms with van der Waals surface area (Å²) < 4.78 is 0. The van der Waals surface area contributed by atoms with Crippen LogP contribution < -0.4 is 0 Å². The fraction of sp³-hybridized carbons (Fsp3) is 0.448. The van der Waals surface area contributed by atoms with Crippen molar-refractivity contribution in [2.75, 3.05) is 18.8 Å². The summed E-state index contributed by atoms with van der Waals surface area (Å²) in [4.78, 5) is 28.7. The Balaban J connectivity index is 1.98. The van der Waals surface area contributed by atoms with E-state index in [1.54, 1.807) is 18.2 Å². The van der Waals surface area contributed by atoms with E-state index in [2.05, 4.69) is 48.0 Å². The second-order valence-electron chi connectivity index (χ2n) is 9.67. The molecule has 7 nitrogen and oxygen atoms in total. The lowest BCUT2D eigenvalue weighted by molar-refractivity contribution is -0.138. The van der Waals surface area contributed by atoms with Crippen LogP contribution in [0.4, 0.5) is 0 Å². The number of aliphatic imine (C=N–C) groups is 1. The minimum Gasteiger partial charge on any atom is -0.481 e. The molecular formula is C29H35N3O4S. The lowest BCUT2D eigenvalue weighted by Crippen LogP contribution is -2.23. The van der Waals surface area contributed by atoms with Gasteiger partial charge in [0.05, 0.1) is 36.1 Å². The smallest absolute Gasteiger partial charge is 0.305 e. The Bertz CT molecular complexity index is 1180. The van der Waals surface area contributed by atoms with E-state index >= 15 is 0 Å². The summed E-state index contributed by atoms with van der Waals surface area (Å²) in [6.45, 7) is 6.87. The monoisotopic (exact) mass is 521 g/mol. The zero-order valence-electron chi connectivity index (χ0n) is 21.7. The van der Waals surface area contributed by atoms with Gasteiger partial charge in [0.1, 0.15) is 0 Å². The molecule has 1 fully saturated rings. The van der Waals surface area contributed by atoms with E-state index in [1.807, 2.05) is 13.0 Å². The van der Waals surface area contributed by atoms with E-state index in [9.17, 15) is 20.0 Å². The number of hydrogen-bond donors (Lipinski definition) is 2. The number of rotatable bonds is 10. The van der Waals surface area contributed by atoms with Gasteiger partial charge in [-0.05, 0) is 66.4 Å². The molecule has 0 spiro atoms. The zero-order chi connectivity index (χ0) is 27.0. The molecule has 0 radical (unpaired) electrons. The normalized spacial score (nSPS) is 22.2. The molecular weight excluding hydrogens is 486 g/mol. The quantitative estimate of drug-likeness (QED) is 0.160. The number of allylic oxidation sites excluding steroid dienone is 10. The van der Waals surface area contributed by atoms with Crippen LogP contribution in [0.1, 0.15) is 52.9 Å². The van der Waals surface area contributed by atoms with Gasteiger partial charge in [0.15, 0.2) is 0 Å². The van der Waals surface area contributed by atoms with E-state index in [4.69, 9.17) is 5.11 Å². The standard InChI is InChI=1S/C29H35N3O4S/c1-4-37-25(31-17-15-26(33)34)14-10-20(19-30)9-13-24-29(2,3)28-22-8-6-5-7-21(22)11-12-23(28)32(24)18-16-27(35)36/h6,8-10,12-14,21H,4-5,7,11,15-18H2,1-3H3,(H,33,34)(H,35,36)/b14-10+,20-9-,24-13+,31-25+. The molecule has 1 atom stereocenters. The van der Waals surface area contributed by atoms with Crippen molar-refractivity contribution < 1.29 is 19.8 Å². The van der Waals surface area contributed by atoms with Crippen molar-refractivity contribution in [2.45, 2.75) is 52.9 Å². The van der Waals surface area contributed by atoms with Crippen molar-refractivity contribution in [1.29, 1.82) is 5.26 Å². The van der Waals surface area contributed by atoms with Gasteiger partial charge < -0.3 is 15.1 Å². The highest BCUT2D eigenvalue weighted by Crippen LogP contribution is 2.55. The summed E-state index contributed by atoms with van der Waals surface area (Å²) in [6.07, 6.45) is 17.0. The van der Waals surface area contributed by atoms with Crippen molar-refractivity contribution >= 4 is 28.7 Å². The summed E-state index contributed by atoms with van der Waals surface area (Å²) in [6, 6.07) is 2.22. The van der Waals surface area contributed by atoms with E-state index in [0.29, 0.717) is 23.1 Å². The molecule has 1 aliphatic heterocycles. The maximum absolute atomic E-state index is 11.4. The van der Waals surface area contributed by atoms with E-state index < -0.39 is 11.9 Å². The van der Waals surface area contributed by atoms with Gasteiger partial charge in [0, 0.05) is 23.4 Å². The molecule has 0 aromatic heterocycles. The molecule has 0 saturated carbocycles. The Hall–Kier alpha value is -3.31. The van der Waals surface area contributed by atoms with Gasteiger partial charge >= 0.3 is 11.9 Å². The van der Waals surface area contributed by atoms with Crippen molar-refractivity contribution in [3.8, 4) is 6.07 Å². The number of aliphatic carboxylic acids is 2. The second-order valence-corrected chi connectivity index (χ2v) is 11.0. The zero-order valence-corrected chi connectivity index (χ0v) is 22.6. The number of carboxylic acids is 2. The van der Waals surface area contributed by atoms with Gasteiger partial charge in [0.2, 0.25) is 0 Å². The first kappa shape index (κ1) is 28.3. The molecule has 8 heteroatoms. The lowest BCUT2D eigenvalue weighted by atomic mass is 9.72. The number of carboxylic acid groups (broad SMARTS) is 2. The van der Waals surface area contributed by atoms with Crippen molar-refractivity contribution in [3.05, 3.63) is 70.6 Å². The summed E-state index contributed by atoms with van der Waals surface area (Å²) in [7, 11) is 0. The Kier molecular flexibility index (Phi) is 9.76. The van der Waals surface area contributed by atoms with Crippen molar-refractivity contribution in [2.24, 2.45) is 16.3 Å². The molecule has 2 N–H and O–H groups in total. The average Bonchev–Trinajstić information content (AvgIpc) is 3.08. The van der Waals surface area contributed by atoms with Gasteiger partial charge in [-0.1, -0.05) is 39.0 Å². The molecule has 3 rings (SSSR count). The fourth-order valence-corrected chi connectivity index (χ4v) is 5.76. The first-order chi connectivity index (χ1) is 17.7. The summed E-state index contributed by atoms with van der Waals surface area (Å²) in [5.74, 6) is -0.469. The molecule has 1 heterocycles. The molecule has 37 heavy (non-hydrogen) atoms. The highest BCUT2D eigenvalue weighted by Gasteiger charge is 2.46. The van der Waals surface area contributed by atoms with E-state index in [0.717, 1.165) is 36.4 Å². The third kappa shape index (κ3) is 6.92. The maximum Gasteiger partial charge on any atom is 0.305 e. The van der Waals surface area contributed by atoms with Gasteiger partial charge in [-0.15, -0.1) is 11.8 Å². The molecule has 0 bridgehead atoms. The van der Waals surface area contributed by atoms with Gasteiger partial charge in [-0.25, -0.2) is 0 Å². The van der Waals surface area contributed by atoms with Crippen LogP contribution in [0.15, 0.2) is 75.6 Å². The van der Waals surface area contributed by atoms with Crippen LogP contribution in [0.25, 0.3) is 0 Å². The third-order valence-electron chi connectivity index (χ3n) is 6.80. The van der Waals surface area contributed by atoms with Crippen molar-refractivity contribution in [1.82, 2.24) is 4.90 Å². The van der Waals surface area contributed by atoms with Crippen LogP contribution >= 0.6 is 11.8 Å². The van der Waals surface area contributed by atoms with Crippen molar-refractivity contribution in [3.63, 3.8) is 0 Å². The molecule has 1 saturated heterocycles. The number of thioether (sulfide) groups is 1. The fourth-order valence-electron chi connectivity index (χ4n) is 5.12. The maximum atomic E-state index is 11.4. The Morgan fingerprint density at radius 1 is 1.27 bits per heavy atom. The molecule has 2 aliphatic carbocycles. The molecule has 1 unspecified atom stereocenters. The lowest BCUT2D eigenvalue weighted by Gasteiger charge is -2.31. The Labute approximate surface area is 223 Å². The SMILES string of the molecule is CCSC(/C=C/C(C#N)=C/C=C1/N(CCC(=O)O)C2=CCC3CCC=CC3=C2C1(C)C)=N/CCC(=O)O. The van der Waals surface area contributed by atoms with Crippen LogP contribution in [0, 0.1) is 22.7 Å². The van der Waals surface area contributed by atoms with E-state index in [1.165, 1.54) is 22.9 Å². The molecule has 3 aliphatic rings. The summed E-state index contributed by atoms with van der Waals surface area (Å²) >= 11 is 1.49. The first-order valence-electron chi connectivity index (χ1n) is 12.7. The number of carbonyl (C=O) groups is 2. The van der Waals surface area contributed by atoms with Gasteiger partial charge in [-0.2, -0.15) is 5.26 Å². The summed E-state index contributed by atoms with van der Waals surface area (Å²) in [5, 5.41) is 28.7. The van der Waals surface area contributed by atoms with Crippen LogP contribution in [0.2, 0.25) is 0 Å². The van der Waals surface area contributed by atoms with Crippen LogP contribution in [0.5, 0.6) is 0 Å². The number of fused-ring (bicyclic) bond motifs is 2. The van der Waals surface area contributed by atoms with Crippen LogP contribution in [-0.4, -0.2) is 50.9 Å². The largest absolute Gasteiger partial charge is 0.481 e. The highest BCUT2D eigenvalue weighted by molar-refractivity contribution is 8.14. The summed E-state index contributed by atoms with van der Waals surface area (Å²) in [5.41, 5.74) is 4.75. The number of hydrogen-bond acceptors (Lipinski definition) is 6. The average molecular weight is 522 g/mol. The Morgan fingerprint density at radius 2 is 2.03 bits per heavy atom. The molecule has 0 aromatic carbocycles. The number of nitriles is 1. The van der Waals surface area contributed by atoms with Crippen LogP contribution in [-0.2, 0) is 9.59 Å². The third-order valence-corrected chi connectivity index (χ3v) is 7.65. The van der Waals surface area contributed by atoms with Crippen LogP contribution in [0.3, 0.4) is 0 Å². The molecule has 0 amide bonds. The first-order valence-corrected chi connectivity index (χ1v) is 13.7. The highest BCUT2D eigenvalue weighted by atomic mass is 32.2. The predicted molar refractivity (Wildman–Crippen MR) is 148 cm³/mol. The Morgan fingerprint density at radius 3 is 2.70 bits per heavy atom. The number of likely N-dealkylation sites (tertiary alicyclic amines) is 1. The predicted octanol–water partition coefficient (Wildman–Crippen LogP) is 5.87. The molecule has 0 aromatic rings. The van der Waals surface area contributed by atoms with E-state index in [-0.39, 0.29) is 24.8 Å².